The van der Waals surface area contributed by atoms with E-state index in [-0.39, 0.29) is 0 Å². The molecule has 4 nitrogen and oxygen atoms in total. The smallest absolute Gasteiger partial charge is 0.0967 e. The first-order valence-corrected chi connectivity index (χ1v) is 5.37. The van der Waals surface area contributed by atoms with E-state index >= 15 is 0 Å². The van der Waals surface area contributed by atoms with Gasteiger partial charge in [0.2, 0.25) is 0 Å². The SMILES string of the molecule is Cn1cc(CN2CCC(Br)C2)nn1. The number of halogens is 1. The zero-order valence-electron chi connectivity index (χ0n) is 7.65. The molecule has 1 aromatic heterocycles. The number of aromatic nitrogens is 3. The summed E-state index contributed by atoms with van der Waals surface area (Å²) in [5.41, 5.74) is 1.06. The van der Waals surface area contributed by atoms with Crippen molar-refractivity contribution >= 4 is 15.9 Å². The standard InChI is InChI=1S/C8H13BrN4/c1-12-5-8(10-11-12)6-13-3-2-7(9)4-13/h5,7H,2-4,6H2,1H3. The van der Waals surface area contributed by atoms with Crippen LogP contribution in [0, 0.1) is 0 Å². The molecule has 2 heterocycles. The lowest BCUT2D eigenvalue weighted by Gasteiger charge is -2.11. The number of hydrogen-bond acceptors (Lipinski definition) is 3. The van der Waals surface area contributed by atoms with Crippen molar-refractivity contribution in [1.29, 1.82) is 0 Å². The maximum absolute atomic E-state index is 4.06. The topological polar surface area (TPSA) is 34.0 Å². The Labute approximate surface area is 86.0 Å². The molecule has 1 aliphatic rings. The highest BCUT2D eigenvalue weighted by Gasteiger charge is 2.20. The molecule has 0 aromatic carbocycles. The number of alkyl halides is 1. The Balaban J connectivity index is 1.91. The van der Waals surface area contributed by atoms with Crippen LogP contribution >= 0.6 is 15.9 Å². The molecule has 1 saturated heterocycles. The van der Waals surface area contributed by atoms with E-state index in [9.17, 15) is 0 Å². The molecule has 1 fully saturated rings. The van der Waals surface area contributed by atoms with Gasteiger partial charge in [0, 0.05) is 31.2 Å². The third-order valence-electron chi connectivity index (χ3n) is 2.25. The van der Waals surface area contributed by atoms with E-state index in [1.54, 1.807) is 4.68 Å². The van der Waals surface area contributed by atoms with Crippen LogP contribution in [0.15, 0.2) is 6.20 Å². The van der Waals surface area contributed by atoms with Crippen LogP contribution in [0.3, 0.4) is 0 Å². The molecule has 72 valence electrons. The highest BCUT2D eigenvalue weighted by Crippen LogP contribution is 2.17. The first-order chi connectivity index (χ1) is 6.24. The van der Waals surface area contributed by atoms with Crippen molar-refractivity contribution in [2.75, 3.05) is 13.1 Å². The minimum atomic E-state index is 0.657. The Hall–Kier alpha value is -0.420. The molecule has 0 N–H and O–H groups in total. The first kappa shape index (κ1) is 9.15. The quantitative estimate of drug-likeness (QED) is 0.722. The van der Waals surface area contributed by atoms with Gasteiger partial charge in [0.1, 0.15) is 0 Å². The molecule has 1 aliphatic heterocycles. The van der Waals surface area contributed by atoms with Gasteiger partial charge in [-0.2, -0.15) is 0 Å². The molecule has 1 unspecified atom stereocenters. The minimum absolute atomic E-state index is 0.657. The summed E-state index contributed by atoms with van der Waals surface area (Å²) >= 11 is 3.61. The highest BCUT2D eigenvalue weighted by molar-refractivity contribution is 9.09. The van der Waals surface area contributed by atoms with Gasteiger partial charge < -0.3 is 0 Å². The van der Waals surface area contributed by atoms with E-state index in [4.69, 9.17) is 0 Å². The number of nitrogens with zero attached hydrogens (tertiary/aromatic N) is 4. The van der Waals surface area contributed by atoms with Gasteiger partial charge in [0.15, 0.2) is 0 Å². The van der Waals surface area contributed by atoms with Crippen molar-refractivity contribution in [3.8, 4) is 0 Å². The zero-order chi connectivity index (χ0) is 9.26. The van der Waals surface area contributed by atoms with Gasteiger partial charge in [0.25, 0.3) is 0 Å². The zero-order valence-corrected chi connectivity index (χ0v) is 9.24. The molecular weight excluding hydrogens is 232 g/mol. The Morgan fingerprint density at radius 1 is 1.69 bits per heavy atom. The van der Waals surface area contributed by atoms with Gasteiger partial charge in [-0.1, -0.05) is 21.1 Å². The van der Waals surface area contributed by atoms with E-state index in [1.165, 1.54) is 6.42 Å². The molecule has 0 bridgehead atoms. The van der Waals surface area contributed by atoms with Crippen LogP contribution in [0.25, 0.3) is 0 Å². The normalized spacial score (nSPS) is 24.0. The lowest BCUT2D eigenvalue weighted by molar-refractivity contribution is 0.328. The summed E-state index contributed by atoms with van der Waals surface area (Å²) < 4.78 is 1.75. The second-order valence-electron chi connectivity index (χ2n) is 3.50. The first-order valence-electron chi connectivity index (χ1n) is 4.45. The predicted octanol–water partition coefficient (Wildman–Crippen LogP) is 0.784. The molecule has 13 heavy (non-hydrogen) atoms. The second-order valence-corrected chi connectivity index (χ2v) is 4.80. The molecule has 1 atom stereocenters. The average molecular weight is 245 g/mol. The van der Waals surface area contributed by atoms with Crippen LogP contribution < -0.4 is 0 Å². The van der Waals surface area contributed by atoms with Crippen molar-refractivity contribution in [2.45, 2.75) is 17.8 Å². The van der Waals surface area contributed by atoms with Gasteiger partial charge in [-0.25, -0.2) is 0 Å². The second kappa shape index (κ2) is 3.75. The van der Waals surface area contributed by atoms with Crippen molar-refractivity contribution in [2.24, 2.45) is 7.05 Å². The van der Waals surface area contributed by atoms with Crippen LogP contribution in [0.4, 0.5) is 0 Å². The molecule has 0 radical (unpaired) electrons. The van der Waals surface area contributed by atoms with Crippen LogP contribution in [0.2, 0.25) is 0 Å². The van der Waals surface area contributed by atoms with E-state index in [1.807, 2.05) is 13.2 Å². The van der Waals surface area contributed by atoms with Gasteiger partial charge in [-0.05, 0) is 13.0 Å². The van der Waals surface area contributed by atoms with E-state index in [0.29, 0.717) is 4.83 Å². The average Bonchev–Trinajstić information content (AvgIpc) is 2.62. The van der Waals surface area contributed by atoms with Crippen molar-refractivity contribution < 1.29 is 0 Å². The van der Waals surface area contributed by atoms with E-state index in [2.05, 4.69) is 31.1 Å². The van der Waals surface area contributed by atoms with Crippen molar-refractivity contribution in [3.05, 3.63) is 11.9 Å². The summed E-state index contributed by atoms with van der Waals surface area (Å²) in [5.74, 6) is 0. The number of hydrogen-bond donors (Lipinski definition) is 0. The highest BCUT2D eigenvalue weighted by atomic mass is 79.9. The maximum Gasteiger partial charge on any atom is 0.0967 e. The maximum atomic E-state index is 4.06. The van der Waals surface area contributed by atoms with E-state index < -0.39 is 0 Å². The van der Waals surface area contributed by atoms with Gasteiger partial charge in [-0.15, -0.1) is 5.10 Å². The summed E-state index contributed by atoms with van der Waals surface area (Å²) in [6.07, 6.45) is 3.21. The number of rotatable bonds is 2. The van der Waals surface area contributed by atoms with Crippen molar-refractivity contribution in [1.82, 2.24) is 19.9 Å². The molecular formula is C8H13BrN4. The summed E-state index contributed by atoms with van der Waals surface area (Å²) in [6.45, 7) is 3.21. The van der Waals surface area contributed by atoms with Gasteiger partial charge in [0.05, 0.1) is 5.69 Å². The Kier molecular flexibility index (Phi) is 2.64. The molecule has 1 aromatic rings. The lowest BCUT2D eigenvalue weighted by Crippen LogP contribution is -2.20. The number of likely N-dealkylation sites (tertiary alicyclic amines) is 1. The fourth-order valence-corrected chi connectivity index (χ4v) is 2.24. The molecule has 0 spiro atoms. The van der Waals surface area contributed by atoms with Crippen LogP contribution in [0.1, 0.15) is 12.1 Å². The van der Waals surface area contributed by atoms with Crippen molar-refractivity contribution in [3.63, 3.8) is 0 Å². The summed E-state index contributed by atoms with van der Waals surface area (Å²) in [4.78, 5) is 3.05. The third kappa shape index (κ3) is 2.28. The Morgan fingerprint density at radius 3 is 3.08 bits per heavy atom. The summed E-state index contributed by atoms with van der Waals surface area (Å²) in [5, 5.41) is 7.97. The Morgan fingerprint density at radius 2 is 2.54 bits per heavy atom. The monoisotopic (exact) mass is 244 g/mol. The van der Waals surface area contributed by atoms with Crippen LogP contribution in [-0.2, 0) is 13.6 Å². The Bertz CT molecular complexity index is 285. The number of aryl methyl sites for hydroxylation is 1. The van der Waals surface area contributed by atoms with Crippen LogP contribution in [-0.4, -0.2) is 37.8 Å². The predicted molar refractivity (Wildman–Crippen MR) is 53.6 cm³/mol. The van der Waals surface area contributed by atoms with Crippen LogP contribution in [0.5, 0.6) is 0 Å². The largest absolute Gasteiger partial charge is 0.296 e. The fraction of sp³-hybridized carbons (Fsp3) is 0.750. The van der Waals surface area contributed by atoms with Gasteiger partial charge in [-0.3, -0.25) is 9.58 Å². The summed E-state index contributed by atoms with van der Waals surface area (Å²) in [7, 11) is 1.90. The fourth-order valence-electron chi connectivity index (χ4n) is 1.63. The molecule has 5 heteroatoms. The van der Waals surface area contributed by atoms with Gasteiger partial charge >= 0.3 is 0 Å². The molecule has 2 rings (SSSR count). The summed E-state index contributed by atoms with van der Waals surface area (Å²) in [6, 6.07) is 0. The molecule has 0 aliphatic carbocycles. The molecule has 0 saturated carbocycles. The molecule has 0 amide bonds. The third-order valence-corrected chi connectivity index (χ3v) is 3.00. The minimum Gasteiger partial charge on any atom is -0.296 e. The van der Waals surface area contributed by atoms with E-state index in [0.717, 1.165) is 25.3 Å². The lowest BCUT2D eigenvalue weighted by atomic mass is 10.4.